The first-order chi connectivity index (χ1) is 7.33. The van der Waals surface area contributed by atoms with E-state index in [9.17, 15) is 0 Å². The number of benzene rings is 1. The van der Waals surface area contributed by atoms with Gasteiger partial charge in [-0.05, 0) is 31.2 Å². The maximum atomic E-state index is 5.99. The molecule has 0 aliphatic rings. The summed E-state index contributed by atoms with van der Waals surface area (Å²) in [5.41, 5.74) is 7.36. The summed E-state index contributed by atoms with van der Waals surface area (Å²) in [4.78, 5) is 0. The van der Waals surface area contributed by atoms with Gasteiger partial charge in [-0.3, -0.25) is 0 Å². The largest absolute Gasteiger partial charge is 0.328 e. The van der Waals surface area contributed by atoms with Crippen molar-refractivity contribution in [1.82, 2.24) is 0 Å². The second-order valence-corrected chi connectivity index (χ2v) is 3.88. The van der Waals surface area contributed by atoms with Crippen LogP contribution in [0.25, 0.3) is 0 Å². The standard InChI is InChI=1S/C14H19N/c1-2-3-5-10-14(15)12-11-13-8-6-4-7-9-13/h1,4,6-9,14H,3,5,10-12,15H2. The van der Waals surface area contributed by atoms with Crippen LogP contribution in [0.1, 0.15) is 31.2 Å². The molecule has 1 aromatic rings. The molecule has 0 aliphatic carbocycles. The molecule has 0 aromatic heterocycles. The molecule has 0 saturated heterocycles. The molecule has 0 amide bonds. The summed E-state index contributed by atoms with van der Waals surface area (Å²) < 4.78 is 0. The number of nitrogens with two attached hydrogens (primary N) is 1. The molecule has 1 atom stereocenters. The van der Waals surface area contributed by atoms with E-state index in [1.807, 2.05) is 6.07 Å². The SMILES string of the molecule is C#CCCCC(N)CCc1ccccc1. The van der Waals surface area contributed by atoms with Crippen molar-refractivity contribution >= 4 is 0 Å². The van der Waals surface area contributed by atoms with Crippen molar-refractivity contribution in [2.45, 2.75) is 38.1 Å². The third-order valence-corrected chi connectivity index (χ3v) is 2.54. The summed E-state index contributed by atoms with van der Waals surface area (Å²) in [6, 6.07) is 10.8. The maximum absolute atomic E-state index is 5.99. The van der Waals surface area contributed by atoms with Crippen LogP contribution in [0, 0.1) is 12.3 Å². The topological polar surface area (TPSA) is 26.0 Å². The van der Waals surface area contributed by atoms with Gasteiger partial charge in [0.05, 0.1) is 0 Å². The first-order valence-corrected chi connectivity index (χ1v) is 5.56. The highest BCUT2D eigenvalue weighted by Gasteiger charge is 2.02. The molecule has 1 rings (SSSR count). The zero-order valence-corrected chi connectivity index (χ0v) is 9.15. The minimum atomic E-state index is 0.290. The Morgan fingerprint density at radius 2 is 1.93 bits per heavy atom. The third-order valence-electron chi connectivity index (χ3n) is 2.54. The molecule has 1 heteroatoms. The van der Waals surface area contributed by atoms with Crippen molar-refractivity contribution in [3.05, 3.63) is 35.9 Å². The Labute approximate surface area is 92.7 Å². The Bertz CT molecular complexity index is 297. The zero-order chi connectivity index (χ0) is 10.9. The summed E-state index contributed by atoms with van der Waals surface area (Å²) in [5.74, 6) is 2.64. The van der Waals surface area contributed by atoms with Crippen LogP contribution in [0.3, 0.4) is 0 Å². The van der Waals surface area contributed by atoms with Crippen LogP contribution < -0.4 is 5.73 Å². The van der Waals surface area contributed by atoms with Crippen molar-refractivity contribution in [2.75, 3.05) is 0 Å². The summed E-state index contributed by atoms with van der Waals surface area (Å²) in [6.45, 7) is 0. The number of unbranched alkanes of at least 4 members (excludes halogenated alkanes) is 1. The molecule has 0 spiro atoms. The van der Waals surface area contributed by atoms with Crippen LogP contribution in [-0.2, 0) is 6.42 Å². The van der Waals surface area contributed by atoms with Crippen LogP contribution in [0.4, 0.5) is 0 Å². The Balaban J connectivity index is 2.17. The number of rotatable bonds is 6. The molecule has 0 bridgehead atoms. The summed E-state index contributed by atoms with van der Waals surface area (Å²) >= 11 is 0. The summed E-state index contributed by atoms with van der Waals surface area (Å²) in [7, 11) is 0. The molecule has 1 nitrogen and oxygen atoms in total. The predicted octanol–water partition coefficient (Wildman–Crippen LogP) is 2.75. The van der Waals surface area contributed by atoms with E-state index in [4.69, 9.17) is 12.2 Å². The van der Waals surface area contributed by atoms with Gasteiger partial charge in [0.1, 0.15) is 0 Å². The molecule has 1 aromatic carbocycles. The molecule has 0 fully saturated rings. The van der Waals surface area contributed by atoms with Gasteiger partial charge in [-0.2, -0.15) is 0 Å². The van der Waals surface area contributed by atoms with Crippen molar-refractivity contribution in [2.24, 2.45) is 5.73 Å². The highest BCUT2D eigenvalue weighted by atomic mass is 14.6. The summed E-state index contributed by atoms with van der Waals surface area (Å²) in [6.07, 6.45) is 10.2. The zero-order valence-electron chi connectivity index (χ0n) is 9.15. The van der Waals surface area contributed by atoms with Crippen LogP contribution in [0.15, 0.2) is 30.3 Å². The monoisotopic (exact) mass is 201 g/mol. The molecule has 0 aliphatic heterocycles. The lowest BCUT2D eigenvalue weighted by Crippen LogP contribution is -2.20. The van der Waals surface area contributed by atoms with Crippen LogP contribution >= 0.6 is 0 Å². The van der Waals surface area contributed by atoms with Gasteiger partial charge in [-0.15, -0.1) is 12.3 Å². The molecule has 80 valence electrons. The van der Waals surface area contributed by atoms with E-state index in [0.717, 1.165) is 32.1 Å². The fourth-order valence-electron chi connectivity index (χ4n) is 1.61. The van der Waals surface area contributed by atoms with E-state index >= 15 is 0 Å². The van der Waals surface area contributed by atoms with Gasteiger partial charge in [0.25, 0.3) is 0 Å². The molecular weight excluding hydrogens is 182 g/mol. The number of terminal acetylenes is 1. The summed E-state index contributed by atoms with van der Waals surface area (Å²) in [5, 5.41) is 0. The molecule has 0 heterocycles. The second kappa shape index (κ2) is 7.09. The van der Waals surface area contributed by atoms with Crippen LogP contribution in [0.2, 0.25) is 0 Å². The van der Waals surface area contributed by atoms with E-state index in [0.29, 0.717) is 6.04 Å². The normalized spacial score (nSPS) is 12.0. The Morgan fingerprint density at radius 3 is 2.60 bits per heavy atom. The Morgan fingerprint density at radius 1 is 1.20 bits per heavy atom. The first-order valence-electron chi connectivity index (χ1n) is 5.56. The molecule has 2 N–H and O–H groups in total. The van der Waals surface area contributed by atoms with E-state index in [1.165, 1.54) is 5.56 Å². The fourth-order valence-corrected chi connectivity index (χ4v) is 1.61. The number of aryl methyl sites for hydroxylation is 1. The Kier molecular flexibility index (Phi) is 5.58. The average molecular weight is 201 g/mol. The van der Waals surface area contributed by atoms with Gasteiger partial charge < -0.3 is 5.73 Å². The van der Waals surface area contributed by atoms with Crippen molar-refractivity contribution < 1.29 is 0 Å². The van der Waals surface area contributed by atoms with Gasteiger partial charge in [0, 0.05) is 12.5 Å². The highest BCUT2D eigenvalue weighted by Crippen LogP contribution is 2.07. The first kappa shape index (κ1) is 11.8. The minimum Gasteiger partial charge on any atom is -0.328 e. The minimum absolute atomic E-state index is 0.290. The van der Waals surface area contributed by atoms with Gasteiger partial charge >= 0.3 is 0 Å². The van der Waals surface area contributed by atoms with Crippen LogP contribution in [0.5, 0.6) is 0 Å². The quantitative estimate of drug-likeness (QED) is 0.556. The van der Waals surface area contributed by atoms with Crippen molar-refractivity contribution in [3.8, 4) is 12.3 Å². The number of hydrogen-bond acceptors (Lipinski definition) is 1. The third kappa shape index (κ3) is 5.24. The van der Waals surface area contributed by atoms with E-state index in [-0.39, 0.29) is 0 Å². The average Bonchev–Trinajstić information content (AvgIpc) is 2.28. The highest BCUT2D eigenvalue weighted by molar-refractivity contribution is 5.14. The Hall–Kier alpha value is -1.26. The molecule has 15 heavy (non-hydrogen) atoms. The molecule has 1 unspecified atom stereocenters. The van der Waals surface area contributed by atoms with Crippen molar-refractivity contribution in [3.63, 3.8) is 0 Å². The van der Waals surface area contributed by atoms with Gasteiger partial charge in [0.2, 0.25) is 0 Å². The number of hydrogen-bond donors (Lipinski definition) is 1. The van der Waals surface area contributed by atoms with Gasteiger partial charge in [-0.25, -0.2) is 0 Å². The fraction of sp³-hybridized carbons (Fsp3) is 0.429. The van der Waals surface area contributed by atoms with Crippen LogP contribution in [-0.4, -0.2) is 6.04 Å². The second-order valence-electron chi connectivity index (χ2n) is 3.88. The molecule has 0 saturated carbocycles. The van der Waals surface area contributed by atoms with Gasteiger partial charge in [0.15, 0.2) is 0 Å². The van der Waals surface area contributed by atoms with E-state index in [1.54, 1.807) is 0 Å². The van der Waals surface area contributed by atoms with Crippen molar-refractivity contribution in [1.29, 1.82) is 0 Å². The van der Waals surface area contributed by atoms with E-state index in [2.05, 4.69) is 30.2 Å². The predicted molar refractivity (Wildman–Crippen MR) is 65.4 cm³/mol. The van der Waals surface area contributed by atoms with Gasteiger partial charge in [-0.1, -0.05) is 30.3 Å². The molecule has 0 radical (unpaired) electrons. The lowest BCUT2D eigenvalue weighted by Gasteiger charge is -2.10. The lowest BCUT2D eigenvalue weighted by atomic mass is 10.0. The molecular formula is C14H19N. The lowest BCUT2D eigenvalue weighted by molar-refractivity contribution is 0.551. The van der Waals surface area contributed by atoms with E-state index < -0.39 is 0 Å². The smallest absolute Gasteiger partial charge is 0.00866 e. The maximum Gasteiger partial charge on any atom is 0.00866 e.